The summed E-state index contributed by atoms with van der Waals surface area (Å²) in [5.41, 5.74) is 1.01. The quantitative estimate of drug-likeness (QED) is 0.759. The van der Waals surface area contributed by atoms with Crippen LogP contribution in [0.15, 0.2) is 11.4 Å². The Morgan fingerprint density at radius 2 is 2.14 bits per heavy atom. The third kappa shape index (κ3) is 2.13. The molecule has 1 aromatic heterocycles. The molecule has 0 spiro atoms. The van der Waals surface area contributed by atoms with Gasteiger partial charge in [-0.3, -0.25) is 0 Å². The fraction of sp³-hybridized carbons (Fsp3) is 0.455. The summed E-state index contributed by atoms with van der Waals surface area (Å²) in [7, 11) is 0. The lowest BCUT2D eigenvalue weighted by atomic mass is 9.93. The molecule has 0 aliphatic rings. The third-order valence-electron chi connectivity index (χ3n) is 2.14. The van der Waals surface area contributed by atoms with Crippen molar-refractivity contribution in [3.05, 3.63) is 21.9 Å². The number of hydrogen-bond acceptors (Lipinski definition) is 3. The van der Waals surface area contributed by atoms with E-state index in [4.69, 9.17) is 10.5 Å². The van der Waals surface area contributed by atoms with Gasteiger partial charge in [-0.25, -0.2) is 0 Å². The average molecular weight is 204 g/mol. The number of rotatable bonds is 3. The van der Waals surface area contributed by atoms with E-state index in [2.05, 4.69) is 12.1 Å². The van der Waals surface area contributed by atoms with Crippen LogP contribution < -0.4 is 0 Å². The van der Waals surface area contributed by atoms with E-state index in [1.54, 1.807) is 11.3 Å². The van der Waals surface area contributed by atoms with E-state index in [-0.39, 0.29) is 5.92 Å². The van der Waals surface area contributed by atoms with Gasteiger partial charge in [0.2, 0.25) is 0 Å². The molecular weight excluding hydrogens is 192 g/mol. The van der Waals surface area contributed by atoms with E-state index < -0.39 is 0 Å². The molecule has 1 rings (SSSR count). The molecule has 0 radical (unpaired) electrons. The van der Waals surface area contributed by atoms with Gasteiger partial charge in [-0.1, -0.05) is 13.8 Å². The van der Waals surface area contributed by atoms with Gasteiger partial charge in [0.15, 0.2) is 0 Å². The summed E-state index contributed by atoms with van der Waals surface area (Å²) in [5.74, 6) is 0.231. The molecule has 1 heterocycles. The van der Waals surface area contributed by atoms with Gasteiger partial charge in [-0.2, -0.15) is 10.5 Å². The minimum absolute atomic E-state index is 0.0710. The van der Waals surface area contributed by atoms with Crippen LogP contribution in [0.25, 0.3) is 0 Å². The van der Waals surface area contributed by atoms with Crippen LogP contribution in [0.1, 0.15) is 30.2 Å². The Balaban J connectivity index is 3.00. The van der Waals surface area contributed by atoms with Crippen molar-refractivity contribution < 1.29 is 0 Å². The second-order valence-electron chi connectivity index (χ2n) is 3.50. The van der Waals surface area contributed by atoms with Crippen molar-refractivity contribution in [2.45, 2.75) is 26.2 Å². The van der Waals surface area contributed by atoms with Gasteiger partial charge in [-0.05, 0) is 22.9 Å². The molecule has 1 atom stereocenters. The van der Waals surface area contributed by atoms with Crippen LogP contribution >= 0.6 is 11.3 Å². The second-order valence-corrected chi connectivity index (χ2v) is 4.44. The highest BCUT2D eigenvalue weighted by molar-refractivity contribution is 7.10. The Hall–Kier alpha value is -1.32. The van der Waals surface area contributed by atoms with E-state index in [1.165, 1.54) is 0 Å². The Kier molecular flexibility index (Phi) is 3.68. The lowest BCUT2D eigenvalue weighted by Gasteiger charge is -2.12. The maximum atomic E-state index is 9.03. The van der Waals surface area contributed by atoms with Gasteiger partial charge >= 0.3 is 0 Å². The third-order valence-corrected chi connectivity index (χ3v) is 3.18. The normalized spacial score (nSPS) is 12.1. The van der Waals surface area contributed by atoms with Crippen LogP contribution in [-0.2, 0) is 6.42 Å². The van der Waals surface area contributed by atoms with Crippen molar-refractivity contribution >= 4 is 11.3 Å². The van der Waals surface area contributed by atoms with Crippen molar-refractivity contribution in [1.29, 1.82) is 10.5 Å². The molecule has 0 N–H and O–H groups in total. The van der Waals surface area contributed by atoms with Gasteiger partial charge in [0.05, 0.1) is 24.5 Å². The molecule has 0 aliphatic carbocycles. The largest absolute Gasteiger partial charge is 0.198 e. The van der Waals surface area contributed by atoms with Crippen LogP contribution in [0, 0.1) is 28.6 Å². The summed E-state index contributed by atoms with van der Waals surface area (Å²) < 4.78 is 0. The molecule has 0 bridgehead atoms. The molecule has 72 valence electrons. The van der Waals surface area contributed by atoms with E-state index in [0.29, 0.717) is 12.3 Å². The predicted molar refractivity (Wildman–Crippen MR) is 56.8 cm³/mol. The Morgan fingerprint density at radius 3 is 2.64 bits per heavy atom. The Morgan fingerprint density at radius 1 is 1.43 bits per heavy atom. The van der Waals surface area contributed by atoms with Crippen molar-refractivity contribution in [2.24, 2.45) is 5.92 Å². The van der Waals surface area contributed by atoms with Crippen molar-refractivity contribution in [2.75, 3.05) is 0 Å². The lowest BCUT2D eigenvalue weighted by molar-refractivity contribution is 0.592. The van der Waals surface area contributed by atoms with Crippen LogP contribution in [0.2, 0.25) is 0 Å². The van der Waals surface area contributed by atoms with Crippen LogP contribution in [-0.4, -0.2) is 0 Å². The molecule has 0 saturated carbocycles. The standard InChI is InChI=1S/C11H12N2S/c1-8(2)10(7-13)11-9(3-5-12)4-6-14-11/h4,6,8,10H,3H2,1-2H3. The fourth-order valence-corrected chi connectivity index (χ4v) is 2.50. The minimum Gasteiger partial charge on any atom is -0.198 e. The van der Waals surface area contributed by atoms with Gasteiger partial charge in [-0.15, -0.1) is 11.3 Å². The lowest BCUT2D eigenvalue weighted by Crippen LogP contribution is -2.04. The zero-order valence-electron chi connectivity index (χ0n) is 8.32. The molecule has 0 amide bonds. The SMILES string of the molecule is CC(C)C(C#N)c1sccc1CC#N. The highest BCUT2D eigenvalue weighted by atomic mass is 32.1. The van der Waals surface area contributed by atoms with Crippen molar-refractivity contribution in [3.63, 3.8) is 0 Å². The Labute approximate surface area is 88.4 Å². The van der Waals surface area contributed by atoms with Gasteiger partial charge in [0, 0.05) is 4.88 Å². The number of nitrogens with zero attached hydrogens (tertiary/aromatic N) is 2. The van der Waals surface area contributed by atoms with E-state index in [1.807, 2.05) is 25.3 Å². The predicted octanol–water partition coefficient (Wildman–Crippen LogP) is 3.08. The first-order valence-corrected chi connectivity index (χ1v) is 5.41. The number of nitriles is 2. The highest BCUT2D eigenvalue weighted by Crippen LogP contribution is 2.31. The summed E-state index contributed by atoms with van der Waals surface area (Å²) >= 11 is 1.58. The van der Waals surface area contributed by atoms with Gasteiger partial charge in [0.25, 0.3) is 0 Å². The molecule has 2 nitrogen and oxygen atoms in total. The zero-order valence-corrected chi connectivity index (χ0v) is 9.14. The Bertz CT molecular complexity index is 379. The van der Waals surface area contributed by atoms with Crippen LogP contribution in [0.5, 0.6) is 0 Å². The number of hydrogen-bond donors (Lipinski definition) is 0. The van der Waals surface area contributed by atoms with E-state index in [9.17, 15) is 0 Å². The van der Waals surface area contributed by atoms with Crippen molar-refractivity contribution in [1.82, 2.24) is 0 Å². The molecule has 14 heavy (non-hydrogen) atoms. The molecular formula is C11H12N2S. The second kappa shape index (κ2) is 4.79. The maximum absolute atomic E-state index is 9.03. The molecule has 0 aromatic carbocycles. The van der Waals surface area contributed by atoms with E-state index in [0.717, 1.165) is 10.4 Å². The molecule has 0 aliphatic heterocycles. The summed E-state index contributed by atoms with van der Waals surface area (Å²) in [5, 5.41) is 19.6. The minimum atomic E-state index is -0.0710. The van der Waals surface area contributed by atoms with Gasteiger partial charge in [0.1, 0.15) is 0 Å². The first kappa shape index (κ1) is 10.8. The summed E-state index contributed by atoms with van der Waals surface area (Å²) in [4.78, 5) is 1.06. The van der Waals surface area contributed by atoms with Crippen LogP contribution in [0.4, 0.5) is 0 Å². The summed E-state index contributed by atoms with van der Waals surface area (Å²) in [6, 6.07) is 6.37. The zero-order chi connectivity index (χ0) is 10.6. The average Bonchev–Trinajstić information content (AvgIpc) is 2.55. The molecule has 0 saturated heterocycles. The maximum Gasteiger partial charge on any atom is 0.0831 e. The molecule has 3 heteroatoms. The van der Waals surface area contributed by atoms with Crippen molar-refractivity contribution in [3.8, 4) is 12.1 Å². The highest BCUT2D eigenvalue weighted by Gasteiger charge is 2.19. The molecule has 0 fully saturated rings. The smallest absolute Gasteiger partial charge is 0.0831 e. The van der Waals surface area contributed by atoms with Gasteiger partial charge < -0.3 is 0 Å². The summed E-state index contributed by atoms with van der Waals surface area (Å²) in [6.07, 6.45) is 0.406. The molecule has 1 aromatic rings. The first-order chi connectivity index (χ1) is 6.70. The van der Waals surface area contributed by atoms with Crippen LogP contribution in [0.3, 0.4) is 0 Å². The topological polar surface area (TPSA) is 47.6 Å². The monoisotopic (exact) mass is 204 g/mol. The fourth-order valence-electron chi connectivity index (χ4n) is 1.36. The molecule has 1 unspecified atom stereocenters. The number of thiophene rings is 1. The van der Waals surface area contributed by atoms with E-state index >= 15 is 0 Å². The first-order valence-electron chi connectivity index (χ1n) is 4.53. The summed E-state index contributed by atoms with van der Waals surface area (Å²) in [6.45, 7) is 4.06.